The van der Waals surface area contributed by atoms with Crippen LogP contribution in [0.1, 0.15) is 38.5 Å². The van der Waals surface area contributed by atoms with E-state index >= 15 is 0 Å². The van der Waals surface area contributed by atoms with Gasteiger partial charge in [-0.05, 0) is 32.5 Å². The van der Waals surface area contributed by atoms with Gasteiger partial charge in [-0.3, -0.25) is 10.1 Å². The van der Waals surface area contributed by atoms with E-state index in [0.717, 1.165) is 51.8 Å². The highest BCUT2D eigenvalue weighted by atomic mass is 127. The third-order valence-electron chi connectivity index (χ3n) is 2.71. The molecule has 0 aromatic carbocycles. The Hall–Kier alpha value is 1.59. The van der Waals surface area contributed by atoms with Crippen molar-refractivity contribution in [2.24, 2.45) is 0 Å². The van der Waals surface area contributed by atoms with E-state index in [0.29, 0.717) is 0 Å². The van der Waals surface area contributed by atoms with Crippen LogP contribution in [0.25, 0.3) is 0 Å². The molecule has 0 atom stereocenters. The first-order valence-corrected chi connectivity index (χ1v) is 10.0. The summed E-state index contributed by atoms with van der Waals surface area (Å²) in [6.45, 7) is 0. The molecular weight excluding hydrogens is 547 g/mol. The Balaban J connectivity index is 4.52. The lowest BCUT2D eigenvalue weighted by atomic mass is 9.85. The van der Waals surface area contributed by atoms with E-state index < -0.39 is 5.54 Å². The average molecular weight is 565 g/mol. The highest BCUT2D eigenvalue weighted by Gasteiger charge is 2.40. The van der Waals surface area contributed by atoms with Crippen molar-refractivity contribution in [3.8, 4) is 0 Å². The molecule has 96 valence electrons. The smallest absolute Gasteiger partial charge is 0.222 e. The fourth-order valence-electron chi connectivity index (χ4n) is 1.84. The van der Waals surface area contributed by atoms with E-state index in [9.17, 15) is 10.1 Å². The van der Waals surface area contributed by atoms with Crippen molar-refractivity contribution in [2.75, 3.05) is 13.3 Å². The maximum Gasteiger partial charge on any atom is 0.222 e. The highest BCUT2D eigenvalue weighted by molar-refractivity contribution is 14.1. The van der Waals surface area contributed by atoms with Crippen molar-refractivity contribution in [2.45, 2.75) is 44.1 Å². The molecule has 0 aliphatic rings. The second-order valence-corrected chi connectivity index (χ2v) is 7.10. The zero-order chi connectivity index (χ0) is 12.4. The summed E-state index contributed by atoms with van der Waals surface area (Å²) in [5, 5.41) is 11.3. The predicted octanol–water partition coefficient (Wildman–Crippen LogP) is 4.65. The third-order valence-corrected chi connectivity index (χ3v) is 5.00. The molecule has 0 amide bonds. The van der Waals surface area contributed by atoms with Gasteiger partial charge in [0.05, 0.1) is 0 Å². The van der Waals surface area contributed by atoms with E-state index in [4.69, 9.17) is 0 Å². The fraction of sp³-hybridized carbons (Fsp3) is 1.00. The molecule has 16 heavy (non-hydrogen) atoms. The fourth-order valence-corrected chi connectivity index (χ4v) is 2.98. The Morgan fingerprint density at radius 1 is 0.875 bits per heavy atom. The maximum atomic E-state index is 11.3. The monoisotopic (exact) mass is 565 g/mol. The van der Waals surface area contributed by atoms with Gasteiger partial charge in [-0.1, -0.05) is 67.8 Å². The van der Waals surface area contributed by atoms with Crippen LogP contribution in [-0.2, 0) is 0 Å². The zero-order valence-electron chi connectivity index (χ0n) is 9.26. The lowest BCUT2D eigenvalue weighted by Crippen LogP contribution is -2.38. The second-order valence-electron chi connectivity index (χ2n) is 3.86. The van der Waals surface area contributed by atoms with Crippen molar-refractivity contribution in [3.05, 3.63) is 10.1 Å². The second kappa shape index (κ2) is 10.5. The number of hydrogen-bond donors (Lipinski definition) is 0. The maximum absolute atomic E-state index is 11.3. The molecule has 0 rings (SSSR count). The number of halogens is 3. The van der Waals surface area contributed by atoms with Crippen molar-refractivity contribution in [1.82, 2.24) is 0 Å². The molecular formula is C10H18I3NO2. The van der Waals surface area contributed by atoms with E-state index in [1.807, 2.05) is 0 Å². The van der Waals surface area contributed by atoms with Crippen LogP contribution in [0.5, 0.6) is 0 Å². The first-order valence-electron chi connectivity index (χ1n) is 5.45. The molecule has 0 radical (unpaired) electrons. The average Bonchev–Trinajstić information content (AvgIpc) is 2.28. The van der Waals surface area contributed by atoms with Crippen LogP contribution in [0, 0.1) is 10.1 Å². The summed E-state index contributed by atoms with van der Waals surface area (Å²) in [7, 11) is 0. The Kier molecular flexibility index (Phi) is 11.6. The van der Waals surface area contributed by atoms with E-state index in [1.165, 1.54) is 0 Å². The van der Waals surface area contributed by atoms with Crippen LogP contribution in [0.15, 0.2) is 0 Å². The Morgan fingerprint density at radius 3 is 1.38 bits per heavy atom. The molecule has 0 heterocycles. The van der Waals surface area contributed by atoms with Crippen LogP contribution in [0.2, 0.25) is 0 Å². The summed E-state index contributed by atoms with van der Waals surface area (Å²) in [6.07, 6.45) is 5.13. The van der Waals surface area contributed by atoms with Gasteiger partial charge >= 0.3 is 0 Å². The summed E-state index contributed by atoms with van der Waals surface area (Å²) in [5.41, 5.74) is -0.637. The summed E-state index contributed by atoms with van der Waals surface area (Å²) in [6, 6.07) is 0. The van der Waals surface area contributed by atoms with Crippen molar-refractivity contribution in [1.29, 1.82) is 0 Å². The molecule has 0 aromatic heterocycles. The van der Waals surface area contributed by atoms with Crippen molar-refractivity contribution in [3.63, 3.8) is 0 Å². The van der Waals surface area contributed by atoms with Crippen molar-refractivity contribution >= 4 is 67.8 Å². The lowest BCUT2D eigenvalue weighted by molar-refractivity contribution is -0.574. The molecule has 0 bridgehead atoms. The Labute approximate surface area is 138 Å². The minimum atomic E-state index is -0.637. The van der Waals surface area contributed by atoms with Gasteiger partial charge in [0.2, 0.25) is 5.54 Å². The van der Waals surface area contributed by atoms with Gasteiger partial charge in [-0.25, -0.2) is 0 Å². The number of hydrogen-bond acceptors (Lipinski definition) is 2. The van der Waals surface area contributed by atoms with Crippen LogP contribution in [0.4, 0.5) is 0 Å². The summed E-state index contributed by atoms with van der Waals surface area (Å²) < 4.78 is 3.05. The highest BCUT2D eigenvalue weighted by Crippen LogP contribution is 2.30. The van der Waals surface area contributed by atoms with Crippen LogP contribution in [-0.4, -0.2) is 23.7 Å². The van der Waals surface area contributed by atoms with Gasteiger partial charge in [0.15, 0.2) is 0 Å². The normalized spacial score (nSPS) is 11.7. The van der Waals surface area contributed by atoms with Crippen LogP contribution in [0.3, 0.4) is 0 Å². The number of alkyl halides is 3. The molecule has 0 N–H and O–H groups in total. The SMILES string of the molecule is O=[N+]([O-])C(CCCI)(CCCI)CCCI. The molecule has 6 heteroatoms. The number of nitro groups is 1. The largest absolute Gasteiger partial charge is 0.264 e. The minimum absolute atomic E-state index is 0.00208. The molecule has 0 spiro atoms. The van der Waals surface area contributed by atoms with Gasteiger partial charge in [0, 0.05) is 24.2 Å². The van der Waals surface area contributed by atoms with Crippen LogP contribution >= 0.6 is 67.8 Å². The van der Waals surface area contributed by atoms with Gasteiger partial charge in [-0.15, -0.1) is 0 Å². The number of rotatable bonds is 10. The molecule has 0 saturated heterocycles. The van der Waals surface area contributed by atoms with E-state index in [-0.39, 0.29) is 4.92 Å². The van der Waals surface area contributed by atoms with Gasteiger partial charge in [-0.2, -0.15) is 0 Å². The Bertz CT molecular complexity index is 181. The molecule has 0 unspecified atom stereocenters. The summed E-state index contributed by atoms with van der Waals surface area (Å²) >= 11 is 6.90. The molecule has 3 nitrogen and oxygen atoms in total. The standard InChI is InChI=1S/C10H18I3NO2/c11-7-1-4-10(14(15)16,5-2-8-12)6-3-9-13/h1-9H2. The van der Waals surface area contributed by atoms with E-state index in [1.54, 1.807) is 0 Å². The summed E-state index contributed by atoms with van der Waals surface area (Å²) in [4.78, 5) is 11.3. The number of nitrogens with zero attached hydrogens (tertiary/aromatic N) is 1. The Morgan fingerprint density at radius 2 is 1.19 bits per heavy atom. The third kappa shape index (κ3) is 6.50. The topological polar surface area (TPSA) is 43.1 Å². The van der Waals surface area contributed by atoms with Gasteiger partial charge in [0.1, 0.15) is 0 Å². The molecule has 0 aliphatic carbocycles. The first-order chi connectivity index (χ1) is 7.63. The van der Waals surface area contributed by atoms with Crippen LogP contribution < -0.4 is 0 Å². The predicted molar refractivity (Wildman–Crippen MR) is 94.1 cm³/mol. The van der Waals surface area contributed by atoms with E-state index in [2.05, 4.69) is 67.8 Å². The van der Waals surface area contributed by atoms with Gasteiger partial charge < -0.3 is 0 Å². The first kappa shape index (κ1) is 17.6. The molecule has 0 aliphatic heterocycles. The minimum Gasteiger partial charge on any atom is -0.264 e. The molecule has 0 aromatic rings. The van der Waals surface area contributed by atoms with Crippen molar-refractivity contribution < 1.29 is 4.92 Å². The molecule has 0 saturated carbocycles. The van der Waals surface area contributed by atoms with Gasteiger partial charge in [0.25, 0.3) is 0 Å². The zero-order valence-corrected chi connectivity index (χ0v) is 15.7. The molecule has 0 fully saturated rings. The summed E-state index contributed by atoms with van der Waals surface area (Å²) in [5.74, 6) is 0. The quantitative estimate of drug-likeness (QED) is 0.168. The lowest BCUT2D eigenvalue weighted by Gasteiger charge is -2.25.